The van der Waals surface area contributed by atoms with Crippen molar-refractivity contribution in [3.63, 3.8) is 0 Å². The fraction of sp³-hybridized carbons (Fsp3) is 0.364. The summed E-state index contributed by atoms with van der Waals surface area (Å²) in [5, 5.41) is 5.49. The average molecular weight is 432 g/mol. The second-order valence-corrected chi connectivity index (χ2v) is 8.96. The smallest absolute Gasteiger partial charge is 0.251 e. The van der Waals surface area contributed by atoms with Crippen LogP contribution in [0, 0.1) is 20.8 Å². The van der Waals surface area contributed by atoms with Gasteiger partial charge < -0.3 is 10.6 Å². The zero-order valence-electron chi connectivity index (χ0n) is 17.8. The fourth-order valence-electron chi connectivity index (χ4n) is 3.23. The molecule has 0 saturated carbocycles. The summed E-state index contributed by atoms with van der Waals surface area (Å²) >= 11 is 0. The van der Waals surface area contributed by atoms with E-state index in [0.29, 0.717) is 28.9 Å². The lowest BCUT2D eigenvalue weighted by molar-refractivity contribution is -0.116. The molecule has 2 amide bonds. The number of amides is 2. The maximum Gasteiger partial charge on any atom is 0.251 e. The monoisotopic (exact) mass is 431 g/mol. The van der Waals surface area contributed by atoms with Crippen molar-refractivity contribution in [1.82, 2.24) is 10.0 Å². The number of aryl methyl sites for hydroxylation is 3. The Kier molecular flexibility index (Phi) is 8.14. The zero-order valence-corrected chi connectivity index (χ0v) is 18.7. The van der Waals surface area contributed by atoms with Crippen LogP contribution < -0.4 is 15.4 Å². The van der Waals surface area contributed by atoms with E-state index in [1.807, 2.05) is 26.0 Å². The molecule has 162 valence electrons. The molecular weight excluding hydrogens is 402 g/mol. The molecule has 30 heavy (non-hydrogen) atoms. The van der Waals surface area contributed by atoms with Crippen LogP contribution in [-0.4, -0.2) is 33.3 Å². The van der Waals surface area contributed by atoms with E-state index in [2.05, 4.69) is 15.4 Å². The predicted octanol–water partition coefficient (Wildman–Crippen LogP) is 3.06. The Bertz CT molecular complexity index is 992. The van der Waals surface area contributed by atoms with E-state index in [4.69, 9.17) is 0 Å². The number of benzene rings is 2. The minimum absolute atomic E-state index is 0.0120. The summed E-state index contributed by atoms with van der Waals surface area (Å²) < 4.78 is 27.7. The molecule has 3 N–H and O–H groups in total. The predicted molar refractivity (Wildman–Crippen MR) is 118 cm³/mol. The Morgan fingerprint density at radius 1 is 0.933 bits per heavy atom. The van der Waals surface area contributed by atoms with Crippen molar-refractivity contribution in [2.75, 3.05) is 18.4 Å². The molecule has 2 aromatic carbocycles. The molecular formula is C22H29N3O4S. The molecule has 0 aliphatic rings. The van der Waals surface area contributed by atoms with Crippen molar-refractivity contribution < 1.29 is 18.0 Å². The number of anilines is 1. The Labute approximate surface area is 178 Å². The minimum Gasteiger partial charge on any atom is -0.352 e. The normalized spacial score (nSPS) is 11.2. The van der Waals surface area contributed by atoms with Crippen LogP contribution in [0.5, 0.6) is 0 Å². The van der Waals surface area contributed by atoms with Crippen LogP contribution in [0.25, 0.3) is 0 Å². The molecule has 0 aromatic heterocycles. The summed E-state index contributed by atoms with van der Waals surface area (Å²) in [7, 11) is -3.70. The van der Waals surface area contributed by atoms with Gasteiger partial charge in [0.05, 0.1) is 4.90 Å². The lowest BCUT2D eigenvalue weighted by atomic mass is 10.1. The van der Waals surface area contributed by atoms with Crippen LogP contribution in [0.15, 0.2) is 41.3 Å². The summed E-state index contributed by atoms with van der Waals surface area (Å²) in [6.45, 7) is 7.99. The first-order valence-electron chi connectivity index (χ1n) is 9.89. The number of rotatable bonds is 9. The molecule has 7 nitrogen and oxygen atoms in total. The Hall–Kier alpha value is -2.71. The van der Waals surface area contributed by atoms with E-state index in [1.54, 1.807) is 38.1 Å². The van der Waals surface area contributed by atoms with Crippen molar-refractivity contribution in [2.24, 2.45) is 0 Å². The van der Waals surface area contributed by atoms with Gasteiger partial charge in [-0.15, -0.1) is 0 Å². The van der Waals surface area contributed by atoms with Crippen molar-refractivity contribution in [2.45, 2.75) is 45.4 Å². The second kappa shape index (κ2) is 10.4. The van der Waals surface area contributed by atoms with Gasteiger partial charge in [0.25, 0.3) is 5.91 Å². The molecule has 2 aromatic rings. The number of hydrogen-bond donors (Lipinski definition) is 3. The van der Waals surface area contributed by atoms with E-state index in [-0.39, 0.29) is 29.7 Å². The molecule has 0 unspecified atom stereocenters. The maximum atomic E-state index is 12.6. The molecule has 0 aliphatic heterocycles. The zero-order chi connectivity index (χ0) is 22.3. The standard InChI is InChI=1S/C22H29N3O4S/c1-5-11-23-22(27)18-6-8-19(9-7-18)25-20(26)10-12-24-30(28,29)21-16(3)13-15(2)14-17(21)4/h6-9,13-14,24H,5,10-12H2,1-4H3,(H,23,27)(H,25,26). The van der Waals surface area contributed by atoms with E-state index in [1.165, 1.54) is 0 Å². The first kappa shape index (κ1) is 23.6. The molecule has 0 heterocycles. The van der Waals surface area contributed by atoms with Crippen LogP contribution in [0.1, 0.15) is 46.8 Å². The first-order valence-corrected chi connectivity index (χ1v) is 11.4. The Balaban J connectivity index is 1.90. The molecule has 0 bridgehead atoms. The van der Waals surface area contributed by atoms with Crippen LogP contribution >= 0.6 is 0 Å². The lowest BCUT2D eigenvalue weighted by Crippen LogP contribution is -2.29. The van der Waals surface area contributed by atoms with Gasteiger partial charge in [-0.05, 0) is 62.6 Å². The van der Waals surface area contributed by atoms with Gasteiger partial charge >= 0.3 is 0 Å². The summed E-state index contributed by atoms with van der Waals surface area (Å²) in [6.07, 6.45) is 0.842. The largest absolute Gasteiger partial charge is 0.352 e. The van der Waals surface area contributed by atoms with E-state index < -0.39 is 10.0 Å². The topological polar surface area (TPSA) is 104 Å². The third-order valence-corrected chi connectivity index (χ3v) is 6.25. The molecule has 0 spiro atoms. The Morgan fingerprint density at radius 2 is 1.53 bits per heavy atom. The van der Waals surface area contributed by atoms with Crippen molar-refractivity contribution in [3.8, 4) is 0 Å². The van der Waals surface area contributed by atoms with Gasteiger partial charge in [0, 0.05) is 30.8 Å². The van der Waals surface area contributed by atoms with Gasteiger partial charge in [0.1, 0.15) is 0 Å². The molecule has 0 aliphatic carbocycles. The summed E-state index contributed by atoms with van der Waals surface area (Å²) in [5.74, 6) is -0.482. The maximum absolute atomic E-state index is 12.6. The molecule has 0 fully saturated rings. The fourth-order valence-corrected chi connectivity index (χ4v) is 4.71. The van der Waals surface area contributed by atoms with Crippen LogP contribution in [-0.2, 0) is 14.8 Å². The highest BCUT2D eigenvalue weighted by molar-refractivity contribution is 7.89. The van der Waals surface area contributed by atoms with Gasteiger partial charge in [0.15, 0.2) is 0 Å². The van der Waals surface area contributed by atoms with Gasteiger partial charge in [0.2, 0.25) is 15.9 Å². The van der Waals surface area contributed by atoms with Crippen LogP contribution in [0.4, 0.5) is 5.69 Å². The molecule has 0 radical (unpaired) electrons. The lowest BCUT2D eigenvalue weighted by Gasteiger charge is -2.13. The number of nitrogens with one attached hydrogen (secondary N) is 3. The summed E-state index contributed by atoms with van der Waals surface area (Å²) in [4.78, 5) is 24.3. The number of sulfonamides is 1. The third-order valence-electron chi connectivity index (χ3n) is 4.48. The number of hydrogen-bond acceptors (Lipinski definition) is 4. The molecule has 0 saturated heterocycles. The third kappa shape index (κ3) is 6.40. The van der Waals surface area contributed by atoms with Crippen LogP contribution in [0.2, 0.25) is 0 Å². The van der Waals surface area contributed by atoms with E-state index >= 15 is 0 Å². The first-order chi connectivity index (χ1) is 14.1. The van der Waals surface area contributed by atoms with E-state index in [9.17, 15) is 18.0 Å². The Morgan fingerprint density at radius 3 is 2.10 bits per heavy atom. The number of carbonyl (C=O) groups is 2. The molecule has 8 heteroatoms. The minimum atomic E-state index is -3.70. The highest BCUT2D eigenvalue weighted by Gasteiger charge is 2.19. The summed E-state index contributed by atoms with van der Waals surface area (Å²) in [5.41, 5.74) is 3.40. The van der Waals surface area contributed by atoms with Gasteiger partial charge in [-0.1, -0.05) is 24.6 Å². The van der Waals surface area contributed by atoms with E-state index in [0.717, 1.165) is 12.0 Å². The van der Waals surface area contributed by atoms with Crippen molar-refractivity contribution in [1.29, 1.82) is 0 Å². The van der Waals surface area contributed by atoms with Gasteiger partial charge in [-0.3, -0.25) is 9.59 Å². The average Bonchev–Trinajstić information content (AvgIpc) is 2.65. The molecule has 2 rings (SSSR count). The highest BCUT2D eigenvalue weighted by atomic mass is 32.2. The van der Waals surface area contributed by atoms with Gasteiger partial charge in [-0.25, -0.2) is 13.1 Å². The second-order valence-electron chi connectivity index (χ2n) is 7.26. The number of carbonyl (C=O) groups excluding carboxylic acids is 2. The SMILES string of the molecule is CCCNC(=O)c1ccc(NC(=O)CCNS(=O)(=O)c2c(C)cc(C)cc2C)cc1. The quantitative estimate of drug-likeness (QED) is 0.567. The van der Waals surface area contributed by atoms with Crippen molar-refractivity contribution >= 4 is 27.5 Å². The van der Waals surface area contributed by atoms with Gasteiger partial charge in [-0.2, -0.15) is 0 Å². The summed E-state index contributed by atoms with van der Waals surface area (Å²) in [6, 6.07) is 10.2. The molecule has 0 atom stereocenters. The highest BCUT2D eigenvalue weighted by Crippen LogP contribution is 2.21. The van der Waals surface area contributed by atoms with Crippen molar-refractivity contribution in [3.05, 3.63) is 58.7 Å². The van der Waals surface area contributed by atoms with Crippen LogP contribution in [0.3, 0.4) is 0 Å².